The van der Waals surface area contributed by atoms with Crippen LogP contribution >= 0.6 is 0 Å². The third-order valence-electron chi connectivity index (χ3n) is 4.49. The Kier molecular flexibility index (Phi) is 9.79. The Morgan fingerprint density at radius 3 is 2.00 bits per heavy atom. The molecule has 0 saturated heterocycles. The predicted molar refractivity (Wildman–Crippen MR) is 90.4 cm³/mol. The average Bonchev–Trinajstić information content (AvgIpc) is 2.40. The quantitative estimate of drug-likeness (QED) is 0.836. The van der Waals surface area contributed by atoms with E-state index in [0.717, 1.165) is 25.0 Å². The molecule has 0 spiro atoms. The zero-order chi connectivity index (χ0) is 14.8. The van der Waals surface area contributed by atoms with Crippen LogP contribution in [0.4, 0.5) is 0 Å². The maximum absolute atomic E-state index is 12.6. The van der Waals surface area contributed by atoms with E-state index in [1.165, 1.54) is 51.4 Å². The minimum atomic E-state index is -0.724. The summed E-state index contributed by atoms with van der Waals surface area (Å²) in [6.45, 7) is 4.41. The molecule has 2 nitrogen and oxygen atoms in total. The first-order valence-electron chi connectivity index (χ1n) is 8.74. The van der Waals surface area contributed by atoms with Crippen LogP contribution in [0.2, 0.25) is 0 Å². The largest absolute Gasteiger partial charge is 0.327 e. The van der Waals surface area contributed by atoms with Gasteiger partial charge in [0.05, 0.1) is 0 Å². The molecular formula is C17H35NOS. The van der Waals surface area contributed by atoms with Gasteiger partial charge in [0.2, 0.25) is 0 Å². The van der Waals surface area contributed by atoms with Gasteiger partial charge in [-0.15, -0.1) is 0 Å². The van der Waals surface area contributed by atoms with Crippen molar-refractivity contribution in [3.8, 4) is 0 Å². The van der Waals surface area contributed by atoms with Crippen LogP contribution in [0.15, 0.2) is 0 Å². The Labute approximate surface area is 128 Å². The van der Waals surface area contributed by atoms with Gasteiger partial charge in [-0.2, -0.15) is 0 Å². The monoisotopic (exact) mass is 301 g/mol. The van der Waals surface area contributed by atoms with Crippen LogP contribution in [0, 0.1) is 5.92 Å². The lowest BCUT2D eigenvalue weighted by Gasteiger charge is -2.24. The van der Waals surface area contributed by atoms with Crippen LogP contribution in [0.1, 0.15) is 84.5 Å². The predicted octanol–water partition coefficient (Wildman–Crippen LogP) is 4.39. The van der Waals surface area contributed by atoms with E-state index >= 15 is 0 Å². The molecule has 3 atom stereocenters. The fraction of sp³-hybridized carbons (Fsp3) is 1.00. The van der Waals surface area contributed by atoms with Crippen molar-refractivity contribution in [2.75, 3.05) is 5.75 Å². The number of rotatable bonds is 4. The van der Waals surface area contributed by atoms with Gasteiger partial charge in [0.1, 0.15) is 0 Å². The van der Waals surface area contributed by atoms with Crippen LogP contribution in [0.25, 0.3) is 0 Å². The van der Waals surface area contributed by atoms with Crippen LogP contribution < -0.4 is 5.73 Å². The normalized spacial score (nSPS) is 28.6. The van der Waals surface area contributed by atoms with Crippen molar-refractivity contribution in [3.05, 3.63) is 0 Å². The van der Waals surface area contributed by atoms with Crippen LogP contribution in [0.3, 0.4) is 0 Å². The van der Waals surface area contributed by atoms with Gasteiger partial charge < -0.3 is 5.73 Å². The smallest absolute Gasteiger partial charge is 0.0499 e. The Bertz CT molecular complexity index is 268. The molecule has 1 saturated carbocycles. The first-order valence-corrected chi connectivity index (χ1v) is 10.1. The van der Waals surface area contributed by atoms with Crippen molar-refractivity contribution in [1.29, 1.82) is 0 Å². The summed E-state index contributed by atoms with van der Waals surface area (Å²) in [5, 5.41) is 0.244. The molecule has 3 heteroatoms. The summed E-state index contributed by atoms with van der Waals surface area (Å²) in [6, 6.07) is 0.155. The summed E-state index contributed by atoms with van der Waals surface area (Å²) in [6.07, 6.45) is 13.7. The van der Waals surface area contributed by atoms with E-state index in [1.807, 2.05) is 0 Å². The second kappa shape index (κ2) is 10.8. The van der Waals surface area contributed by atoms with E-state index in [2.05, 4.69) is 13.8 Å². The highest BCUT2D eigenvalue weighted by Crippen LogP contribution is 2.20. The minimum Gasteiger partial charge on any atom is -0.327 e. The summed E-state index contributed by atoms with van der Waals surface area (Å²) in [5.41, 5.74) is 6.37. The molecule has 20 heavy (non-hydrogen) atoms. The standard InChI is InChI=1S/C17H35NOS/c1-15(2)13-14-20(19)17-12-10-8-6-4-3-5-7-9-11-16(17)18/h15-17H,3-14,18H2,1-2H3. The van der Waals surface area contributed by atoms with Gasteiger partial charge in [-0.25, -0.2) is 0 Å². The second-order valence-electron chi connectivity index (χ2n) is 6.88. The lowest BCUT2D eigenvalue weighted by atomic mass is 9.98. The van der Waals surface area contributed by atoms with Gasteiger partial charge in [-0.05, 0) is 25.2 Å². The van der Waals surface area contributed by atoms with Gasteiger partial charge in [-0.3, -0.25) is 4.21 Å². The molecule has 3 unspecified atom stereocenters. The molecule has 1 rings (SSSR count). The number of nitrogens with two attached hydrogens (primary N) is 1. The Morgan fingerprint density at radius 2 is 1.45 bits per heavy atom. The molecule has 1 aliphatic rings. The third-order valence-corrected chi connectivity index (χ3v) is 6.39. The summed E-state index contributed by atoms with van der Waals surface area (Å²) in [7, 11) is -0.724. The van der Waals surface area contributed by atoms with Crippen molar-refractivity contribution in [2.24, 2.45) is 11.7 Å². The molecule has 120 valence electrons. The van der Waals surface area contributed by atoms with E-state index in [1.54, 1.807) is 0 Å². The van der Waals surface area contributed by atoms with Crippen molar-refractivity contribution in [2.45, 2.75) is 95.8 Å². The summed E-state index contributed by atoms with van der Waals surface area (Å²) in [4.78, 5) is 0. The molecule has 0 amide bonds. The first-order chi connectivity index (χ1) is 9.61. The zero-order valence-electron chi connectivity index (χ0n) is 13.6. The van der Waals surface area contributed by atoms with E-state index in [4.69, 9.17) is 5.73 Å². The minimum absolute atomic E-state index is 0.155. The van der Waals surface area contributed by atoms with Crippen LogP contribution in [-0.2, 0) is 10.8 Å². The molecule has 2 N–H and O–H groups in total. The zero-order valence-corrected chi connectivity index (χ0v) is 14.4. The highest BCUT2D eigenvalue weighted by atomic mass is 32.2. The molecule has 1 fully saturated rings. The van der Waals surface area contributed by atoms with Crippen molar-refractivity contribution < 1.29 is 4.21 Å². The number of hydrogen-bond donors (Lipinski definition) is 1. The lowest BCUT2D eigenvalue weighted by Crippen LogP contribution is -2.39. The van der Waals surface area contributed by atoms with Crippen LogP contribution in [-0.4, -0.2) is 21.3 Å². The van der Waals surface area contributed by atoms with Gasteiger partial charge in [-0.1, -0.05) is 65.2 Å². The summed E-state index contributed by atoms with van der Waals surface area (Å²) >= 11 is 0. The third kappa shape index (κ3) is 7.78. The maximum Gasteiger partial charge on any atom is 0.0499 e. The molecular weight excluding hydrogens is 266 g/mol. The highest BCUT2D eigenvalue weighted by Gasteiger charge is 2.23. The summed E-state index contributed by atoms with van der Waals surface area (Å²) < 4.78 is 12.6. The van der Waals surface area contributed by atoms with Crippen molar-refractivity contribution >= 4 is 10.8 Å². The molecule has 0 aromatic rings. The van der Waals surface area contributed by atoms with E-state index in [9.17, 15) is 4.21 Å². The van der Waals surface area contributed by atoms with Crippen molar-refractivity contribution in [1.82, 2.24) is 0 Å². The second-order valence-corrected chi connectivity index (χ2v) is 8.65. The average molecular weight is 302 g/mol. The van der Waals surface area contributed by atoms with Crippen LogP contribution in [0.5, 0.6) is 0 Å². The molecule has 0 aromatic carbocycles. The maximum atomic E-state index is 12.6. The molecule has 0 radical (unpaired) electrons. The summed E-state index contributed by atoms with van der Waals surface area (Å²) in [5.74, 6) is 1.48. The topological polar surface area (TPSA) is 43.1 Å². The molecule has 0 heterocycles. The Hall–Kier alpha value is 0.110. The SMILES string of the molecule is CC(C)CCS(=O)C1CCCCCCCCCCC1N. The van der Waals surface area contributed by atoms with Gasteiger partial charge >= 0.3 is 0 Å². The molecule has 0 aliphatic heterocycles. The van der Waals surface area contributed by atoms with Gasteiger partial charge in [0.25, 0.3) is 0 Å². The number of hydrogen-bond acceptors (Lipinski definition) is 2. The molecule has 0 bridgehead atoms. The lowest BCUT2D eigenvalue weighted by molar-refractivity contribution is 0.466. The Balaban J connectivity index is 2.49. The van der Waals surface area contributed by atoms with Gasteiger partial charge in [0, 0.05) is 27.8 Å². The van der Waals surface area contributed by atoms with E-state index < -0.39 is 10.8 Å². The van der Waals surface area contributed by atoms with E-state index in [-0.39, 0.29) is 11.3 Å². The molecule has 0 aromatic heterocycles. The molecule has 1 aliphatic carbocycles. The van der Waals surface area contributed by atoms with Gasteiger partial charge in [0.15, 0.2) is 0 Å². The fourth-order valence-electron chi connectivity index (χ4n) is 3.02. The Morgan fingerprint density at radius 1 is 0.950 bits per heavy atom. The highest BCUT2D eigenvalue weighted by molar-refractivity contribution is 7.85. The first kappa shape index (κ1) is 18.2. The fourth-order valence-corrected chi connectivity index (χ4v) is 4.98. The van der Waals surface area contributed by atoms with E-state index in [0.29, 0.717) is 5.92 Å². The van der Waals surface area contributed by atoms with Crippen molar-refractivity contribution in [3.63, 3.8) is 0 Å².